The Hall–Kier alpha value is -4.88. The van der Waals surface area contributed by atoms with E-state index in [4.69, 9.17) is 18.9 Å². The average molecular weight is 604 g/mol. The van der Waals surface area contributed by atoms with Crippen molar-refractivity contribution in [1.82, 2.24) is 0 Å². The van der Waals surface area contributed by atoms with Crippen molar-refractivity contribution in [1.29, 1.82) is 0 Å². The van der Waals surface area contributed by atoms with Crippen LogP contribution >= 0.6 is 0 Å². The lowest BCUT2D eigenvalue weighted by Gasteiger charge is -2.49. The molecule has 4 aromatic rings. The molecule has 2 aliphatic heterocycles. The van der Waals surface area contributed by atoms with E-state index in [2.05, 4.69) is 6.58 Å². The number of carbonyl (C=O) groups is 2. The van der Waals surface area contributed by atoms with Gasteiger partial charge in [-0.2, -0.15) is 0 Å². The number of nitrogens with zero attached hydrogens (tertiary/aromatic N) is 1. The second-order valence-corrected chi connectivity index (χ2v) is 11.5. The molecule has 0 N–H and O–H groups in total. The molecular formula is C38H37NO6. The molecule has 2 heterocycles. The molecule has 45 heavy (non-hydrogen) atoms. The number of esters is 1. The van der Waals surface area contributed by atoms with Gasteiger partial charge < -0.3 is 23.8 Å². The lowest BCUT2D eigenvalue weighted by Crippen LogP contribution is -2.63. The molecule has 0 aliphatic carbocycles. The first kappa shape index (κ1) is 30.2. The largest absolute Gasteiger partial charge is 0.497 e. The first-order valence-electron chi connectivity index (χ1n) is 15.1. The number of allylic oxidation sites excluding steroid dienone is 1. The van der Waals surface area contributed by atoms with E-state index in [1.807, 2.05) is 97.1 Å². The maximum Gasteiger partial charge on any atom is 0.318 e. The van der Waals surface area contributed by atoms with Crippen molar-refractivity contribution in [2.24, 2.45) is 0 Å². The molecular weight excluding hydrogens is 566 g/mol. The summed E-state index contributed by atoms with van der Waals surface area (Å²) in [7, 11) is 3.40. The standard InChI is InChI=1S/C38H37NO6/c1-4-21-37(32-15-9-8-13-28(32)26-45-31-19-17-30(42-3)18-20-31)36(41)44-23-22-38(37)34-29(14-10-16-33(34)39(2)35(38)40)25-43-24-27-11-6-5-7-12-27/h4-20H,1,21-26H2,2-3H3/t37-,38-/m0/s1. The number of ether oxygens (including phenoxy) is 4. The highest BCUT2D eigenvalue weighted by atomic mass is 16.5. The van der Waals surface area contributed by atoms with Crippen LogP contribution in [0.15, 0.2) is 110 Å². The van der Waals surface area contributed by atoms with Gasteiger partial charge in [0.1, 0.15) is 28.9 Å². The van der Waals surface area contributed by atoms with Crippen LogP contribution in [-0.2, 0) is 49.7 Å². The van der Waals surface area contributed by atoms with E-state index in [1.165, 1.54) is 0 Å². The Morgan fingerprint density at radius 2 is 1.56 bits per heavy atom. The molecule has 4 aromatic carbocycles. The van der Waals surface area contributed by atoms with Gasteiger partial charge in [-0.15, -0.1) is 6.58 Å². The number of methoxy groups -OCH3 is 1. The maximum absolute atomic E-state index is 14.7. The third kappa shape index (κ3) is 5.07. The third-order valence-corrected chi connectivity index (χ3v) is 9.12. The number of hydrogen-bond donors (Lipinski definition) is 0. The number of hydrogen-bond acceptors (Lipinski definition) is 6. The molecule has 230 valence electrons. The molecule has 1 amide bonds. The quantitative estimate of drug-likeness (QED) is 0.141. The predicted octanol–water partition coefficient (Wildman–Crippen LogP) is 6.67. The maximum atomic E-state index is 14.7. The number of amides is 1. The number of anilines is 1. The van der Waals surface area contributed by atoms with Gasteiger partial charge in [0, 0.05) is 19.2 Å². The number of likely N-dealkylation sites (N-methyl/N-ethyl adjacent to an activating group) is 1. The predicted molar refractivity (Wildman–Crippen MR) is 172 cm³/mol. The van der Waals surface area contributed by atoms with E-state index in [0.717, 1.165) is 33.7 Å². The number of rotatable bonds is 11. The van der Waals surface area contributed by atoms with Crippen LogP contribution in [0.25, 0.3) is 0 Å². The number of fused-ring (bicyclic) bond motifs is 2. The molecule has 0 bridgehead atoms. The molecule has 0 aromatic heterocycles. The lowest BCUT2D eigenvalue weighted by molar-refractivity contribution is -0.165. The van der Waals surface area contributed by atoms with Crippen molar-refractivity contribution in [3.8, 4) is 11.5 Å². The molecule has 7 nitrogen and oxygen atoms in total. The zero-order valence-corrected chi connectivity index (χ0v) is 25.7. The van der Waals surface area contributed by atoms with Gasteiger partial charge in [-0.1, -0.05) is 72.8 Å². The van der Waals surface area contributed by atoms with Crippen LogP contribution in [-0.4, -0.2) is 32.6 Å². The number of carbonyl (C=O) groups excluding carboxylic acids is 2. The summed E-state index contributed by atoms with van der Waals surface area (Å²) < 4.78 is 23.6. The smallest absolute Gasteiger partial charge is 0.318 e. The monoisotopic (exact) mass is 603 g/mol. The van der Waals surface area contributed by atoms with Crippen molar-refractivity contribution >= 4 is 17.6 Å². The summed E-state index contributed by atoms with van der Waals surface area (Å²) in [5, 5.41) is 0. The van der Waals surface area contributed by atoms with E-state index in [9.17, 15) is 9.59 Å². The Morgan fingerprint density at radius 1 is 0.844 bits per heavy atom. The van der Waals surface area contributed by atoms with E-state index in [1.54, 1.807) is 25.1 Å². The fourth-order valence-electron chi connectivity index (χ4n) is 7.09. The first-order chi connectivity index (χ1) is 22.0. The second kappa shape index (κ2) is 12.6. The Labute approximate surface area is 264 Å². The molecule has 6 rings (SSSR count). The van der Waals surface area contributed by atoms with Gasteiger partial charge in [0.15, 0.2) is 0 Å². The minimum Gasteiger partial charge on any atom is -0.497 e. The summed E-state index contributed by atoms with van der Waals surface area (Å²) in [5.74, 6) is 0.799. The van der Waals surface area contributed by atoms with Gasteiger partial charge in [0.25, 0.3) is 0 Å². The Morgan fingerprint density at radius 3 is 2.31 bits per heavy atom. The van der Waals surface area contributed by atoms with Gasteiger partial charge in [0.2, 0.25) is 5.91 Å². The van der Waals surface area contributed by atoms with Crippen molar-refractivity contribution < 1.29 is 28.5 Å². The molecule has 1 spiro atoms. The molecule has 1 saturated heterocycles. The van der Waals surface area contributed by atoms with E-state index in [-0.39, 0.29) is 32.1 Å². The third-order valence-electron chi connectivity index (χ3n) is 9.12. The highest BCUT2D eigenvalue weighted by Crippen LogP contribution is 2.60. The zero-order valence-electron chi connectivity index (χ0n) is 25.7. The normalized spacial score (nSPS) is 20.5. The van der Waals surface area contributed by atoms with Crippen LogP contribution in [0.2, 0.25) is 0 Å². The molecule has 0 radical (unpaired) electrons. The Bertz CT molecular complexity index is 1700. The van der Waals surface area contributed by atoms with Crippen LogP contribution < -0.4 is 14.4 Å². The van der Waals surface area contributed by atoms with Crippen LogP contribution in [0.1, 0.15) is 40.7 Å². The SMILES string of the molecule is C=CC[C@]1(c2ccccc2COc2ccc(OC)cc2)C(=O)OCC[C@]12C(=O)N(C)c1cccc(COCc3ccccc3)c12. The highest BCUT2D eigenvalue weighted by molar-refractivity contribution is 6.13. The van der Waals surface area contributed by atoms with E-state index in [0.29, 0.717) is 24.3 Å². The molecule has 1 fully saturated rings. The van der Waals surface area contributed by atoms with Gasteiger partial charge in [-0.3, -0.25) is 9.59 Å². The van der Waals surface area contributed by atoms with E-state index < -0.39 is 16.8 Å². The Kier molecular flexibility index (Phi) is 8.46. The van der Waals surface area contributed by atoms with Crippen molar-refractivity contribution in [3.63, 3.8) is 0 Å². The van der Waals surface area contributed by atoms with Crippen molar-refractivity contribution in [2.75, 3.05) is 25.7 Å². The summed E-state index contributed by atoms with van der Waals surface area (Å²) in [4.78, 5) is 30.8. The fraction of sp³-hybridized carbons (Fsp3) is 0.263. The molecule has 2 aliphatic rings. The molecule has 7 heteroatoms. The first-order valence-corrected chi connectivity index (χ1v) is 15.1. The van der Waals surface area contributed by atoms with E-state index >= 15 is 0 Å². The van der Waals surface area contributed by atoms with Gasteiger partial charge in [-0.25, -0.2) is 0 Å². The molecule has 2 atom stereocenters. The number of benzene rings is 4. The van der Waals surface area contributed by atoms with Crippen LogP contribution in [0.3, 0.4) is 0 Å². The van der Waals surface area contributed by atoms with Gasteiger partial charge in [0.05, 0.1) is 26.9 Å². The second-order valence-electron chi connectivity index (χ2n) is 11.5. The summed E-state index contributed by atoms with van der Waals surface area (Å²) >= 11 is 0. The van der Waals surface area contributed by atoms with Gasteiger partial charge in [-0.05, 0) is 64.6 Å². The molecule has 0 saturated carbocycles. The van der Waals surface area contributed by atoms with Crippen molar-refractivity contribution in [2.45, 2.75) is 43.5 Å². The lowest BCUT2D eigenvalue weighted by atomic mass is 9.52. The van der Waals surface area contributed by atoms with Crippen LogP contribution in [0.5, 0.6) is 11.5 Å². The van der Waals surface area contributed by atoms with Crippen LogP contribution in [0, 0.1) is 0 Å². The highest BCUT2D eigenvalue weighted by Gasteiger charge is 2.69. The number of cyclic esters (lactones) is 1. The summed E-state index contributed by atoms with van der Waals surface area (Å²) in [6.07, 6.45) is 2.24. The molecule has 0 unspecified atom stereocenters. The average Bonchev–Trinajstić information content (AvgIpc) is 3.29. The van der Waals surface area contributed by atoms with Crippen LogP contribution in [0.4, 0.5) is 5.69 Å². The summed E-state index contributed by atoms with van der Waals surface area (Å²) in [6.45, 7) is 5.07. The summed E-state index contributed by atoms with van der Waals surface area (Å²) in [5.41, 5.74) is 2.36. The minimum absolute atomic E-state index is 0.125. The fourth-order valence-corrected chi connectivity index (χ4v) is 7.09. The summed E-state index contributed by atoms with van der Waals surface area (Å²) in [6, 6.07) is 30.9. The van der Waals surface area contributed by atoms with Crippen molar-refractivity contribution in [3.05, 3.63) is 138 Å². The zero-order chi connectivity index (χ0) is 31.4. The Balaban J connectivity index is 1.46. The van der Waals surface area contributed by atoms with Gasteiger partial charge >= 0.3 is 5.97 Å². The topological polar surface area (TPSA) is 74.3 Å². The minimum atomic E-state index is -1.39.